The normalized spacial score (nSPS) is 16.6. The molecule has 7 nitrogen and oxygen atoms in total. The number of nitrogens with zero attached hydrogens (tertiary/aromatic N) is 4. The van der Waals surface area contributed by atoms with E-state index in [2.05, 4.69) is 30.4 Å². The summed E-state index contributed by atoms with van der Waals surface area (Å²) in [6.45, 7) is 4.80. The van der Waals surface area contributed by atoms with Gasteiger partial charge in [-0.1, -0.05) is 12.1 Å². The second-order valence-electron chi connectivity index (χ2n) is 7.08. The summed E-state index contributed by atoms with van der Waals surface area (Å²) in [5.41, 5.74) is 1.09. The number of rotatable bonds is 6. The summed E-state index contributed by atoms with van der Waals surface area (Å²) >= 11 is 0. The van der Waals surface area contributed by atoms with E-state index in [4.69, 9.17) is 4.74 Å². The van der Waals surface area contributed by atoms with E-state index in [-0.39, 0.29) is 18.0 Å². The fourth-order valence-corrected chi connectivity index (χ4v) is 3.45. The molecule has 1 saturated heterocycles. The van der Waals surface area contributed by atoms with E-state index in [1.54, 1.807) is 12.4 Å². The highest BCUT2D eigenvalue weighted by molar-refractivity contribution is 5.58. The van der Waals surface area contributed by atoms with E-state index >= 15 is 0 Å². The third-order valence-electron chi connectivity index (χ3n) is 4.63. The zero-order valence-electron chi connectivity index (χ0n) is 15.9. The molecule has 3 heterocycles. The number of H-pyrrole nitrogens is 1. The molecule has 1 fully saturated rings. The van der Waals surface area contributed by atoms with Crippen molar-refractivity contribution >= 4 is 17.5 Å². The van der Waals surface area contributed by atoms with Gasteiger partial charge < -0.3 is 15.0 Å². The number of aromatic amines is 1. The number of ether oxygens (including phenoxy) is 1. The third-order valence-corrected chi connectivity index (χ3v) is 4.63. The molecule has 0 spiro atoms. The van der Waals surface area contributed by atoms with Crippen molar-refractivity contribution in [2.45, 2.75) is 38.8 Å². The number of halogens is 1. The van der Waals surface area contributed by atoms with Crippen LogP contribution >= 0.6 is 0 Å². The first-order valence-corrected chi connectivity index (χ1v) is 9.42. The van der Waals surface area contributed by atoms with Crippen LogP contribution in [0.1, 0.15) is 38.3 Å². The minimum absolute atomic E-state index is 0.0559. The Morgan fingerprint density at radius 2 is 2.04 bits per heavy atom. The van der Waals surface area contributed by atoms with Gasteiger partial charge in [0.2, 0.25) is 5.88 Å². The molecule has 1 aliphatic heterocycles. The molecule has 2 aromatic heterocycles. The lowest BCUT2D eigenvalue weighted by atomic mass is 10.0. The van der Waals surface area contributed by atoms with Gasteiger partial charge in [0, 0.05) is 18.7 Å². The Balaban J connectivity index is 1.51. The van der Waals surface area contributed by atoms with E-state index in [0.717, 1.165) is 30.8 Å². The number of anilines is 3. The highest BCUT2D eigenvalue weighted by Gasteiger charge is 2.27. The first-order chi connectivity index (χ1) is 13.6. The molecule has 0 radical (unpaired) electrons. The molecule has 3 aromatic rings. The highest BCUT2D eigenvalue weighted by atomic mass is 19.1. The Labute approximate surface area is 163 Å². The Morgan fingerprint density at radius 3 is 2.82 bits per heavy atom. The lowest BCUT2D eigenvalue weighted by Crippen LogP contribution is -2.23. The first-order valence-electron chi connectivity index (χ1n) is 9.42. The summed E-state index contributed by atoms with van der Waals surface area (Å²) in [5, 5.41) is 10.2. The predicted molar refractivity (Wildman–Crippen MR) is 105 cm³/mol. The average Bonchev–Trinajstić information content (AvgIpc) is 3.32. The molecule has 28 heavy (non-hydrogen) atoms. The predicted octanol–water partition coefficient (Wildman–Crippen LogP) is 4.21. The van der Waals surface area contributed by atoms with Gasteiger partial charge in [0.1, 0.15) is 29.6 Å². The lowest BCUT2D eigenvalue weighted by molar-refractivity contribution is 0.232. The van der Waals surface area contributed by atoms with Crippen molar-refractivity contribution < 1.29 is 9.13 Å². The molecule has 0 aliphatic carbocycles. The maximum Gasteiger partial charge on any atom is 0.234 e. The van der Waals surface area contributed by atoms with E-state index in [9.17, 15) is 4.39 Å². The van der Waals surface area contributed by atoms with Crippen LogP contribution in [-0.4, -0.2) is 32.8 Å². The molecule has 0 saturated carbocycles. The maximum absolute atomic E-state index is 13.3. The Kier molecular flexibility index (Phi) is 5.10. The van der Waals surface area contributed by atoms with Crippen LogP contribution in [0.25, 0.3) is 0 Å². The Hall–Kier alpha value is -3.16. The molecule has 8 heteroatoms. The molecule has 1 unspecified atom stereocenters. The van der Waals surface area contributed by atoms with E-state index < -0.39 is 0 Å². The average molecular weight is 382 g/mol. The molecule has 0 bridgehead atoms. The lowest BCUT2D eigenvalue weighted by Gasteiger charge is -2.26. The molecular formula is C20H23FN6O. The van der Waals surface area contributed by atoms with Crippen LogP contribution in [0.3, 0.4) is 0 Å². The van der Waals surface area contributed by atoms with Crippen molar-refractivity contribution in [3.8, 4) is 5.88 Å². The van der Waals surface area contributed by atoms with E-state index in [0.29, 0.717) is 17.5 Å². The van der Waals surface area contributed by atoms with Crippen molar-refractivity contribution in [2.75, 3.05) is 16.8 Å². The standard InChI is InChI=1S/C20H23FN6O/c1-13(2)28-20-11-18(25-26-20)24-17-10-19(23-12-22-17)27-9-3-4-16(27)14-5-7-15(21)8-6-14/h5-8,10-13,16H,3-4,9H2,1-2H3,(H2,22,23,24,25,26). The first kappa shape index (κ1) is 18.2. The minimum atomic E-state index is -0.220. The number of benzene rings is 1. The molecular weight excluding hydrogens is 359 g/mol. The van der Waals surface area contributed by atoms with Crippen molar-refractivity contribution in [1.82, 2.24) is 20.2 Å². The maximum atomic E-state index is 13.3. The second-order valence-corrected chi connectivity index (χ2v) is 7.08. The van der Waals surface area contributed by atoms with Crippen molar-refractivity contribution in [1.29, 1.82) is 0 Å². The molecule has 2 N–H and O–H groups in total. The summed E-state index contributed by atoms with van der Waals surface area (Å²) in [5.74, 6) is 2.50. The van der Waals surface area contributed by atoms with Crippen LogP contribution in [0, 0.1) is 5.82 Å². The van der Waals surface area contributed by atoms with Crippen molar-refractivity contribution in [3.63, 3.8) is 0 Å². The van der Waals surface area contributed by atoms with E-state index in [1.165, 1.54) is 12.1 Å². The largest absolute Gasteiger partial charge is 0.474 e. The minimum Gasteiger partial charge on any atom is -0.474 e. The summed E-state index contributed by atoms with van der Waals surface area (Å²) in [4.78, 5) is 11.0. The molecule has 1 atom stereocenters. The van der Waals surface area contributed by atoms with Gasteiger partial charge in [-0.05, 0) is 44.4 Å². The Morgan fingerprint density at radius 1 is 1.21 bits per heavy atom. The molecule has 146 valence electrons. The number of hydrogen-bond donors (Lipinski definition) is 2. The molecule has 4 rings (SSSR count). The second kappa shape index (κ2) is 7.84. The van der Waals surface area contributed by atoms with Crippen LogP contribution in [0.15, 0.2) is 42.7 Å². The SMILES string of the molecule is CC(C)Oc1cc(Nc2cc(N3CCCC3c3ccc(F)cc3)ncn2)[nH]n1. The highest BCUT2D eigenvalue weighted by Crippen LogP contribution is 2.35. The van der Waals surface area contributed by atoms with Gasteiger partial charge in [0.15, 0.2) is 0 Å². The van der Waals surface area contributed by atoms with E-state index in [1.807, 2.05) is 32.0 Å². The van der Waals surface area contributed by atoms with Crippen LogP contribution < -0.4 is 15.0 Å². The number of aromatic nitrogens is 4. The molecule has 1 aliphatic rings. The topological polar surface area (TPSA) is 79.0 Å². The van der Waals surface area contributed by atoms with Gasteiger partial charge in [0.05, 0.1) is 12.1 Å². The van der Waals surface area contributed by atoms with Gasteiger partial charge in [-0.2, -0.15) is 0 Å². The fraction of sp³-hybridized carbons (Fsp3) is 0.350. The van der Waals surface area contributed by atoms with Gasteiger partial charge in [0.25, 0.3) is 0 Å². The van der Waals surface area contributed by atoms with Crippen LogP contribution in [0.2, 0.25) is 0 Å². The summed E-state index contributed by atoms with van der Waals surface area (Å²) in [6.07, 6.45) is 3.67. The van der Waals surface area contributed by atoms with Crippen LogP contribution in [0.5, 0.6) is 5.88 Å². The zero-order valence-corrected chi connectivity index (χ0v) is 15.9. The monoisotopic (exact) mass is 382 g/mol. The summed E-state index contributed by atoms with van der Waals surface area (Å²) < 4.78 is 18.8. The van der Waals surface area contributed by atoms with Gasteiger partial charge in [-0.3, -0.25) is 5.10 Å². The molecule has 1 aromatic carbocycles. The zero-order chi connectivity index (χ0) is 19.5. The summed E-state index contributed by atoms with van der Waals surface area (Å²) in [6, 6.07) is 10.6. The molecule has 0 amide bonds. The van der Waals surface area contributed by atoms with Gasteiger partial charge in [-0.15, -0.1) is 5.10 Å². The fourth-order valence-electron chi connectivity index (χ4n) is 3.45. The van der Waals surface area contributed by atoms with Crippen LogP contribution in [-0.2, 0) is 0 Å². The smallest absolute Gasteiger partial charge is 0.234 e. The third kappa shape index (κ3) is 4.05. The number of nitrogens with one attached hydrogen (secondary N) is 2. The Bertz CT molecular complexity index is 926. The van der Waals surface area contributed by atoms with Crippen LogP contribution in [0.4, 0.5) is 21.8 Å². The van der Waals surface area contributed by atoms with Crippen molar-refractivity contribution in [2.24, 2.45) is 0 Å². The summed E-state index contributed by atoms with van der Waals surface area (Å²) in [7, 11) is 0. The quantitative estimate of drug-likeness (QED) is 0.665. The number of hydrogen-bond acceptors (Lipinski definition) is 6. The van der Waals surface area contributed by atoms with Crippen molar-refractivity contribution in [3.05, 3.63) is 54.1 Å². The van der Waals surface area contributed by atoms with Gasteiger partial charge in [-0.25, -0.2) is 14.4 Å². The van der Waals surface area contributed by atoms with Gasteiger partial charge >= 0.3 is 0 Å².